The van der Waals surface area contributed by atoms with E-state index in [4.69, 9.17) is 17.3 Å². The zero-order chi connectivity index (χ0) is 14.7. The molecule has 8 heteroatoms. The number of halogens is 2. The molecule has 0 saturated carbocycles. The van der Waals surface area contributed by atoms with Crippen molar-refractivity contribution in [3.05, 3.63) is 50.6 Å². The van der Waals surface area contributed by atoms with Crippen LogP contribution in [0.5, 0.6) is 0 Å². The van der Waals surface area contributed by atoms with Crippen molar-refractivity contribution in [1.29, 1.82) is 0 Å². The van der Waals surface area contributed by atoms with Gasteiger partial charge in [0.15, 0.2) is 0 Å². The third kappa shape index (κ3) is 3.58. The van der Waals surface area contributed by atoms with Crippen LogP contribution in [0.4, 0.5) is 11.4 Å². The van der Waals surface area contributed by atoms with Crippen molar-refractivity contribution >= 4 is 44.8 Å². The Morgan fingerprint density at radius 2 is 2.25 bits per heavy atom. The summed E-state index contributed by atoms with van der Waals surface area (Å²) in [7, 11) is 0. The van der Waals surface area contributed by atoms with Crippen molar-refractivity contribution in [3.63, 3.8) is 0 Å². The Labute approximate surface area is 127 Å². The molecule has 0 spiro atoms. The van der Waals surface area contributed by atoms with Gasteiger partial charge in [-0.05, 0) is 28.1 Å². The summed E-state index contributed by atoms with van der Waals surface area (Å²) in [6, 6.07) is 4.41. The van der Waals surface area contributed by atoms with Crippen molar-refractivity contribution in [2.24, 2.45) is 0 Å². The van der Waals surface area contributed by atoms with Gasteiger partial charge in [-0.2, -0.15) is 0 Å². The van der Waals surface area contributed by atoms with Gasteiger partial charge in [-0.15, -0.1) is 0 Å². The molecule has 2 aromatic heterocycles. The average Bonchev–Trinajstić information content (AvgIpc) is 2.38. The molecule has 0 fully saturated rings. The average molecular weight is 358 g/mol. The van der Waals surface area contributed by atoms with Crippen molar-refractivity contribution < 1.29 is 4.79 Å². The number of nitrogen functional groups attached to an aromatic ring is 1. The van der Waals surface area contributed by atoms with Crippen LogP contribution in [0.3, 0.4) is 0 Å². The minimum absolute atomic E-state index is 0.135. The van der Waals surface area contributed by atoms with Gasteiger partial charge in [0.05, 0.1) is 16.4 Å². The normalized spacial score (nSPS) is 10.3. The number of nitrogens with one attached hydrogen (secondary N) is 1. The van der Waals surface area contributed by atoms with Gasteiger partial charge in [-0.1, -0.05) is 11.6 Å². The van der Waals surface area contributed by atoms with E-state index in [0.717, 1.165) is 0 Å². The summed E-state index contributed by atoms with van der Waals surface area (Å²) < 4.78 is 1.79. The first kappa shape index (κ1) is 14.5. The highest BCUT2D eigenvalue weighted by atomic mass is 79.9. The summed E-state index contributed by atoms with van der Waals surface area (Å²) in [5.41, 5.74) is 6.15. The van der Waals surface area contributed by atoms with Crippen molar-refractivity contribution in [3.8, 4) is 0 Å². The molecule has 104 valence electrons. The third-order valence-corrected chi connectivity index (χ3v) is 3.53. The molecule has 2 aromatic rings. The molecular weight excluding hydrogens is 348 g/mol. The first-order valence-corrected chi connectivity index (χ1v) is 6.69. The van der Waals surface area contributed by atoms with E-state index in [-0.39, 0.29) is 18.0 Å². The highest BCUT2D eigenvalue weighted by molar-refractivity contribution is 9.10. The van der Waals surface area contributed by atoms with E-state index in [2.05, 4.69) is 26.2 Å². The summed E-state index contributed by atoms with van der Waals surface area (Å²) in [5, 5.41) is 2.92. The van der Waals surface area contributed by atoms with Gasteiger partial charge in [0.2, 0.25) is 5.91 Å². The SMILES string of the molecule is Nc1ccc(=O)n(CC(=O)Nc2cnc(Cl)c(Br)c2)c1. The van der Waals surface area contributed by atoms with Gasteiger partial charge in [0, 0.05) is 18.0 Å². The molecule has 0 unspecified atom stereocenters. The summed E-state index contributed by atoms with van der Waals surface area (Å²) >= 11 is 8.96. The third-order valence-electron chi connectivity index (χ3n) is 2.40. The fraction of sp³-hybridized carbons (Fsp3) is 0.0833. The molecule has 0 aliphatic carbocycles. The van der Waals surface area contributed by atoms with Crippen LogP contribution >= 0.6 is 27.5 Å². The molecule has 1 amide bonds. The first-order valence-electron chi connectivity index (χ1n) is 5.52. The smallest absolute Gasteiger partial charge is 0.251 e. The number of aromatic nitrogens is 2. The van der Waals surface area contributed by atoms with Gasteiger partial charge < -0.3 is 15.6 Å². The van der Waals surface area contributed by atoms with Crippen LogP contribution in [0.15, 0.2) is 39.9 Å². The molecule has 6 nitrogen and oxygen atoms in total. The highest BCUT2D eigenvalue weighted by Gasteiger charge is 2.07. The molecule has 0 bridgehead atoms. The molecule has 3 N–H and O–H groups in total. The number of rotatable bonds is 3. The quantitative estimate of drug-likeness (QED) is 0.821. The zero-order valence-electron chi connectivity index (χ0n) is 10.1. The molecule has 0 aliphatic heterocycles. The number of amides is 1. The molecule has 0 radical (unpaired) electrons. The van der Waals surface area contributed by atoms with Gasteiger partial charge >= 0.3 is 0 Å². The van der Waals surface area contributed by atoms with E-state index in [1.54, 1.807) is 6.07 Å². The minimum atomic E-state index is -0.367. The maximum Gasteiger partial charge on any atom is 0.251 e. The fourth-order valence-corrected chi connectivity index (χ4v) is 1.97. The first-order chi connectivity index (χ1) is 9.45. The van der Waals surface area contributed by atoms with Gasteiger partial charge in [-0.3, -0.25) is 9.59 Å². The molecule has 20 heavy (non-hydrogen) atoms. The number of nitrogens with zero attached hydrogens (tertiary/aromatic N) is 2. The number of anilines is 2. The minimum Gasteiger partial charge on any atom is -0.398 e. The van der Waals surface area contributed by atoms with Gasteiger partial charge in [-0.25, -0.2) is 4.98 Å². The topological polar surface area (TPSA) is 90.0 Å². The summed E-state index contributed by atoms with van der Waals surface area (Å²) in [4.78, 5) is 27.3. The molecule has 0 aliphatic rings. The maximum atomic E-state index is 11.9. The summed E-state index contributed by atoms with van der Waals surface area (Å²) in [6.07, 6.45) is 2.84. The van der Waals surface area contributed by atoms with E-state index in [1.807, 2.05) is 0 Å². The maximum absolute atomic E-state index is 11.9. The standard InChI is InChI=1S/C12H10BrClN4O2/c13-9-3-8(4-16-12(9)14)17-10(19)6-18-5-7(15)1-2-11(18)20/h1-5H,6,15H2,(H,17,19). The summed E-state index contributed by atoms with van der Waals surface area (Å²) in [6.45, 7) is -0.135. The van der Waals surface area contributed by atoms with Crippen molar-refractivity contribution in [2.75, 3.05) is 11.1 Å². The predicted molar refractivity (Wildman–Crippen MR) is 80.7 cm³/mol. The van der Waals surface area contributed by atoms with Crippen LogP contribution in [0, 0.1) is 0 Å². The molecule has 0 saturated heterocycles. The van der Waals surface area contributed by atoms with E-state index in [9.17, 15) is 9.59 Å². The number of carbonyl (C=O) groups is 1. The number of pyridine rings is 2. The molecule has 0 aromatic carbocycles. The van der Waals surface area contributed by atoms with Crippen LogP contribution in [0.25, 0.3) is 0 Å². The zero-order valence-corrected chi connectivity index (χ0v) is 12.5. The fourth-order valence-electron chi connectivity index (χ4n) is 1.52. The lowest BCUT2D eigenvalue weighted by Gasteiger charge is -2.08. The van der Waals surface area contributed by atoms with Crippen LogP contribution in [-0.4, -0.2) is 15.5 Å². The number of hydrogen-bond donors (Lipinski definition) is 2. The van der Waals surface area contributed by atoms with Crippen molar-refractivity contribution in [1.82, 2.24) is 9.55 Å². The largest absolute Gasteiger partial charge is 0.398 e. The Hall–Kier alpha value is -1.86. The highest BCUT2D eigenvalue weighted by Crippen LogP contribution is 2.22. The lowest BCUT2D eigenvalue weighted by Crippen LogP contribution is -2.27. The summed E-state index contributed by atoms with van der Waals surface area (Å²) in [5.74, 6) is -0.367. The van der Waals surface area contributed by atoms with E-state index in [0.29, 0.717) is 21.0 Å². The molecule has 2 rings (SSSR count). The Balaban J connectivity index is 2.11. The number of carbonyl (C=O) groups excluding carboxylic acids is 1. The Morgan fingerprint density at radius 1 is 1.50 bits per heavy atom. The second kappa shape index (κ2) is 6.06. The monoisotopic (exact) mass is 356 g/mol. The van der Waals surface area contributed by atoms with Crippen LogP contribution < -0.4 is 16.6 Å². The number of nitrogens with two attached hydrogens (primary N) is 1. The van der Waals surface area contributed by atoms with E-state index < -0.39 is 0 Å². The predicted octanol–water partition coefficient (Wildman–Crippen LogP) is 1.88. The Kier molecular flexibility index (Phi) is 4.41. The van der Waals surface area contributed by atoms with Crippen LogP contribution in [0.2, 0.25) is 5.15 Å². The molecule has 0 atom stereocenters. The van der Waals surface area contributed by atoms with Crippen LogP contribution in [0.1, 0.15) is 0 Å². The Bertz CT molecular complexity index is 717. The van der Waals surface area contributed by atoms with Gasteiger partial charge in [0.25, 0.3) is 5.56 Å². The lowest BCUT2D eigenvalue weighted by atomic mass is 10.4. The second-order valence-electron chi connectivity index (χ2n) is 3.97. The Morgan fingerprint density at radius 3 is 2.95 bits per heavy atom. The van der Waals surface area contributed by atoms with E-state index in [1.165, 1.54) is 29.1 Å². The number of hydrogen-bond acceptors (Lipinski definition) is 4. The van der Waals surface area contributed by atoms with E-state index >= 15 is 0 Å². The van der Waals surface area contributed by atoms with Gasteiger partial charge in [0.1, 0.15) is 11.7 Å². The lowest BCUT2D eigenvalue weighted by molar-refractivity contribution is -0.116. The van der Waals surface area contributed by atoms with Crippen LogP contribution in [-0.2, 0) is 11.3 Å². The second-order valence-corrected chi connectivity index (χ2v) is 5.19. The molecular formula is C12H10BrClN4O2. The van der Waals surface area contributed by atoms with Crippen molar-refractivity contribution in [2.45, 2.75) is 6.54 Å². The molecule has 2 heterocycles.